The molecule has 0 saturated heterocycles. The third-order valence-corrected chi connectivity index (χ3v) is 4.59. The number of allylic oxidation sites excluding steroid dienone is 1. The Morgan fingerprint density at radius 3 is 2.56 bits per heavy atom. The number of thiocarbonyl (C=S) groups is 1. The third-order valence-electron chi connectivity index (χ3n) is 3.84. The number of carbonyl (C=O) groups is 1. The molecule has 4 nitrogen and oxygen atoms in total. The predicted molar refractivity (Wildman–Crippen MR) is 103 cm³/mol. The minimum absolute atomic E-state index is 0.135. The maximum Gasteiger partial charge on any atom is 0.255 e. The van der Waals surface area contributed by atoms with Crippen LogP contribution in [0.25, 0.3) is 0 Å². The molecule has 0 fully saturated rings. The molecule has 0 saturated carbocycles. The Balaban J connectivity index is 1.96. The predicted octanol–water partition coefficient (Wildman–Crippen LogP) is 4.02. The Bertz CT molecular complexity index is 867. The summed E-state index contributed by atoms with van der Waals surface area (Å²) in [6, 6.07) is 13.2. The summed E-state index contributed by atoms with van der Waals surface area (Å²) in [4.78, 5) is 12.8. The summed E-state index contributed by atoms with van der Waals surface area (Å²) in [6.45, 7) is 1.77. The van der Waals surface area contributed by atoms with Crippen molar-refractivity contribution in [1.29, 1.82) is 0 Å². The minimum atomic E-state index is -0.485. The van der Waals surface area contributed by atoms with E-state index >= 15 is 0 Å². The molecule has 1 atom stereocenters. The molecule has 3 rings (SSSR count). The van der Waals surface area contributed by atoms with Gasteiger partial charge in [0.05, 0.1) is 17.3 Å². The van der Waals surface area contributed by atoms with E-state index in [9.17, 15) is 9.18 Å². The maximum absolute atomic E-state index is 13.9. The van der Waals surface area contributed by atoms with Gasteiger partial charge in [0, 0.05) is 10.2 Å². The number of hydrogen-bond donors (Lipinski definition) is 3. The van der Waals surface area contributed by atoms with Gasteiger partial charge in [0.2, 0.25) is 0 Å². The zero-order valence-electron chi connectivity index (χ0n) is 13.3. The summed E-state index contributed by atoms with van der Waals surface area (Å²) in [6.07, 6.45) is 0. The monoisotopic (exact) mass is 419 g/mol. The average molecular weight is 420 g/mol. The van der Waals surface area contributed by atoms with Crippen LogP contribution >= 0.6 is 28.1 Å². The number of rotatable bonds is 3. The molecule has 7 heteroatoms. The maximum atomic E-state index is 13.9. The van der Waals surface area contributed by atoms with E-state index in [1.165, 1.54) is 12.1 Å². The van der Waals surface area contributed by atoms with Gasteiger partial charge in [-0.1, -0.05) is 40.2 Å². The van der Waals surface area contributed by atoms with Crippen LogP contribution in [-0.2, 0) is 4.79 Å². The molecule has 3 N–H and O–H groups in total. The number of para-hydroxylation sites is 1. The minimum Gasteiger partial charge on any atom is -0.351 e. The van der Waals surface area contributed by atoms with Crippen molar-refractivity contribution in [3.05, 3.63) is 75.7 Å². The van der Waals surface area contributed by atoms with Crippen LogP contribution in [0, 0.1) is 5.82 Å². The number of halogens is 2. The van der Waals surface area contributed by atoms with Gasteiger partial charge < -0.3 is 16.0 Å². The number of nitrogens with one attached hydrogen (secondary N) is 3. The van der Waals surface area contributed by atoms with Gasteiger partial charge in [-0.15, -0.1) is 0 Å². The normalized spacial score (nSPS) is 16.9. The van der Waals surface area contributed by atoms with Crippen LogP contribution in [0.4, 0.5) is 10.1 Å². The van der Waals surface area contributed by atoms with Crippen LogP contribution < -0.4 is 16.0 Å². The van der Waals surface area contributed by atoms with Crippen LogP contribution in [0.2, 0.25) is 0 Å². The van der Waals surface area contributed by atoms with Crippen LogP contribution in [0.3, 0.4) is 0 Å². The van der Waals surface area contributed by atoms with Crippen molar-refractivity contribution in [2.45, 2.75) is 13.0 Å². The average Bonchev–Trinajstić information content (AvgIpc) is 2.57. The van der Waals surface area contributed by atoms with E-state index in [1.807, 2.05) is 24.3 Å². The van der Waals surface area contributed by atoms with Gasteiger partial charge in [0.25, 0.3) is 5.91 Å². The van der Waals surface area contributed by atoms with Crippen molar-refractivity contribution in [1.82, 2.24) is 10.6 Å². The molecule has 0 aliphatic carbocycles. The van der Waals surface area contributed by atoms with E-state index in [0.717, 1.165) is 10.0 Å². The molecular formula is C18H15BrFN3OS. The standard InChI is InChI=1S/C18H15BrFN3OS/c1-10-15(17(24)22-14-5-3-2-4-13(14)20)16(23-18(25)21-10)11-6-8-12(19)9-7-11/h2-9,16H,1H3,(H,22,24)(H2,21,23,25). The fourth-order valence-electron chi connectivity index (χ4n) is 2.65. The molecule has 1 amide bonds. The van der Waals surface area contributed by atoms with E-state index in [4.69, 9.17) is 12.2 Å². The van der Waals surface area contributed by atoms with Gasteiger partial charge in [0.15, 0.2) is 5.11 Å². The lowest BCUT2D eigenvalue weighted by Crippen LogP contribution is -2.45. The number of amides is 1. The van der Waals surface area contributed by atoms with E-state index < -0.39 is 17.8 Å². The van der Waals surface area contributed by atoms with Crippen LogP contribution in [-0.4, -0.2) is 11.0 Å². The highest BCUT2D eigenvalue weighted by Crippen LogP contribution is 2.29. The number of anilines is 1. The van der Waals surface area contributed by atoms with Crippen molar-refractivity contribution in [3.8, 4) is 0 Å². The van der Waals surface area contributed by atoms with E-state index in [-0.39, 0.29) is 5.69 Å². The molecule has 0 bridgehead atoms. The first-order valence-electron chi connectivity index (χ1n) is 7.55. The quantitative estimate of drug-likeness (QED) is 0.657. The lowest BCUT2D eigenvalue weighted by Gasteiger charge is -2.30. The molecule has 2 aromatic carbocycles. The largest absolute Gasteiger partial charge is 0.351 e. The van der Waals surface area contributed by atoms with E-state index in [1.54, 1.807) is 19.1 Å². The van der Waals surface area contributed by atoms with Crippen molar-refractivity contribution >= 4 is 44.9 Å². The molecule has 1 unspecified atom stereocenters. The van der Waals surface area contributed by atoms with Crippen LogP contribution in [0.5, 0.6) is 0 Å². The molecule has 1 aliphatic rings. The van der Waals surface area contributed by atoms with Gasteiger partial charge in [0.1, 0.15) is 5.82 Å². The summed E-state index contributed by atoms with van der Waals surface area (Å²) < 4.78 is 14.8. The summed E-state index contributed by atoms with van der Waals surface area (Å²) >= 11 is 8.62. The fourth-order valence-corrected chi connectivity index (χ4v) is 3.19. The van der Waals surface area contributed by atoms with Gasteiger partial charge in [-0.2, -0.15) is 0 Å². The van der Waals surface area contributed by atoms with Crippen LogP contribution in [0.15, 0.2) is 64.3 Å². The second-order valence-corrected chi connectivity index (χ2v) is 6.88. The van der Waals surface area contributed by atoms with Crippen molar-refractivity contribution in [2.75, 3.05) is 5.32 Å². The molecular weight excluding hydrogens is 405 g/mol. The van der Waals surface area contributed by atoms with Gasteiger partial charge >= 0.3 is 0 Å². The second kappa shape index (κ2) is 7.33. The first kappa shape index (κ1) is 17.6. The van der Waals surface area contributed by atoms with Gasteiger partial charge in [-0.3, -0.25) is 4.79 Å². The lowest BCUT2D eigenvalue weighted by molar-refractivity contribution is -0.113. The smallest absolute Gasteiger partial charge is 0.255 e. The number of benzene rings is 2. The molecule has 1 heterocycles. The topological polar surface area (TPSA) is 53.2 Å². The molecule has 128 valence electrons. The molecule has 1 aliphatic heterocycles. The number of hydrogen-bond acceptors (Lipinski definition) is 2. The zero-order valence-corrected chi connectivity index (χ0v) is 15.7. The highest BCUT2D eigenvalue weighted by atomic mass is 79.9. The van der Waals surface area contributed by atoms with Crippen molar-refractivity contribution in [3.63, 3.8) is 0 Å². The second-order valence-electron chi connectivity index (χ2n) is 5.56. The molecule has 0 spiro atoms. The van der Waals surface area contributed by atoms with Crippen molar-refractivity contribution < 1.29 is 9.18 Å². The molecule has 2 aromatic rings. The summed E-state index contributed by atoms with van der Waals surface area (Å²) in [5, 5.41) is 9.13. The Hall–Kier alpha value is -2.25. The first-order valence-corrected chi connectivity index (χ1v) is 8.75. The highest BCUT2D eigenvalue weighted by molar-refractivity contribution is 9.10. The first-order chi connectivity index (χ1) is 12.0. The van der Waals surface area contributed by atoms with Crippen molar-refractivity contribution in [2.24, 2.45) is 0 Å². The van der Waals surface area contributed by atoms with Gasteiger partial charge in [-0.25, -0.2) is 4.39 Å². The Labute approximate surface area is 158 Å². The van der Waals surface area contributed by atoms with E-state index in [0.29, 0.717) is 16.4 Å². The Morgan fingerprint density at radius 2 is 1.88 bits per heavy atom. The molecule has 0 radical (unpaired) electrons. The highest BCUT2D eigenvalue weighted by Gasteiger charge is 2.30. The fraction of sp³-hybridized carbons (Fsp3) is 0.111. The zero-order chi connectivity index (χ0) is 18.0. The molecule has 0 aromatic heterocycles. The SMILES string of the molecule is CC1=C(C(=O)Nc2ccccc2F)C(c2ccc(Br)cc2)NC(=S)N1. The lowest BCUT2D eigenvalue weighted by atomic mass is 9.95. The van der Waals surface area contributed by atoms with Gasteiger partial charge in [-0.05, 0) is 49.0 Å². The van der Waals surface area contributed by atoms with Crippen LogP contribution in [0.1, 0.15) is 18.5 Å². The third kappa shape index (κ3) is 3.88. The Kier molecular flexibility index (Phi) is 5.15. The number of carbonyl (C=O) groups excluding carboxylic acids is 1. The summed E-state index contributed by atoms with van der Waals surface area (Å²) in [7, 11) is 0. The van der Waals surface area contributed by atoms with E-state index in [2.05, 4.69) is 31.9 Å². The summed E-state index contributed by atoms with van der Waals surface area (Å²) in [5.74, 6) is -0.875. The molecule has 25 heavy (non-hydrogen) atoms. The Morgan fingerprint density at radius 1 is 1.20 bits per heavy atom. The summed E-state index contributed by atoms with van der Waals surface area (Å²) in [5.41, 5.74) is 2.10.